The molecule has 3 aromatic carbocycles. The van der Waals surface area contributed by atoms with Crippen LogP contribution in [-0.4, -0.2) is 18.0 Å². The molecule has 5 nitrogen and oxygen atoms in total. The van der Waals surface area contributed by atoms with E-state index < -0.39 is 0 Å². The molecule has 4 rings (SSSR count). The van der Waals surface area contributed by atoms with E-state index in [1.54, 1.807) is 19.2 Å². The predicted molar refractivity (Wildman–Crippen MR) is 113 cm³/mol. The van der Waals surface area contributed by atoms with Gasteiger partial charge in [0.1, 0.15) is 11.3 Å². The summed E-state index contributed by atoms with van der Waals surface area (Å²) in [7, 11) is 1.54. The minimum atomic E-state index is -0.254. The van der Waals surface area contributed by atoms with Crippen LogP contribution in [0.25, 0.3) is 22.6 Å². The summed E-state index contributed by atoms with van der Waals surface area (Å²) < 4.78 is 12.0. The molecule has 0 unspecified atom stereocenters. The van der Waals surface area contributed by atoms with Crippen LogP contribution in [0.4, 0.5) is 5.69 Å². The van der Waals surface area contributed by atoms with Crippen LogP contribution in [0.1, 0.15) is 15.9 Å². The zero-order valence-corrected chi connectivity index (χ0v) is 16.9. The first-order chi connectivity index (χ1) is 13.5. The number of methoxy groups -OCH3 is 1. The standard InChI is InChI=1S/C22H17BrN2O3/c1-13-7-8-14(22-25-17-5-3-4-6-20(17)28-22)11-18(13)24-21(26)16-12-15(23)9-10-19(16)27-2/h3-12H,1-2H3,(H,24,26). The van der Waals surface area contributed by atoms with Crippen molar-refractivity contribution in [3.8, 4) is 17.2 Å². The van der Waals surface area contributed by atoms with Gasteiger partial charge in [-0.2, -0.15) is 0 Å². The van der Waals surface area contributed by atoms with Gasteiger partial charge >= 0.3 is 0 Å². The van der Waals surface area contributed by atoms with E-state index in [9.17, 15) is 4.79 Å². The van der Waals surface area contributed by atoms with Crippen LogP contribution in [-0.2, 0) is 0 Å². The van der Waals surface area contributed by atoms with E-state index in [0.29, 0.717) is 22.9 Å². The highest BCUT2D eigenvalue weighted by Crippen LogP contribution is 2.29. The van der Waals surface area contributed by atoms with Gasteiger partial charge in [0.2, 0.25) is 5.89 Å². The number of aryl methyl sites for hydroxylation is 1. The quantitative estimate of drug-likeness (QED) is 0.437. The predicted octanol–water partition coefficient (Wildman–Crippen LogP) is 5.83. The Kier molecular flexibility index (Phi) is 4.88. The third-order valence-corrected chi connectivity index (χ3v) is 4.93. The molecule has 0 bridgehead atoms. The second kappa shape index (κ2) is 7.48. The summed E-state index contributed by atoms with van der Waals surface area (Å²) in [5.74, 6) is 0.765. The summed E-state index contributed by atoms with van der Waals surface area (Å²) in [6.45, 7) is 1.93. The van der Waals surface area contributed by atoms with E-state index in [2.05, 4.69) is 26.2 Å². The van der Waals surface area contributed by atoms with Crippen molar-refractivity contribution in [1.82, 2.24) is 4.98 Å². The zero-order valence-electron chi connectivity index (χ0n) is 15.3. The molecule has 0 saturated carbocycles. The molecule has 140 valence electrons. The number of hydrogen-bond acceptors (Lipinski definition) is 4. The highest BCUT2D eigenvalue weighted by atomic mass is 79.9. The third kappa shape index (κ3) is 3.51. The minimum Gasteiger partial charge on any atom is -0.496 e. The maximum absolute atomic E-state index is 12.8. The van der Waals surface area contributed by atoms with Crippen molar-refractivity contribution in [3.05, 3.63) is 76.3 Å². The first kappa shape index (κ1) is 18.3. The number of fused-ring (bicyclic) bond motifs is 1. The van der Waals surface area contributed by atoms with Crippen molar-refractivity contribution < 1.29 is 13.9 Å². The highest BCUT2D eigenvalue weighted by Gasteiger charge is 2.15. The molecular formula is C22H17BrN2O3. The van der Waals surface area contributed by atoms with Crippen molar-refractivity contribution in [2.45, 2.75) is 6.92 Å². The van der Waals surface area contributed by atoms with Crippen LogP contribution in [0.2, 0.25) is 0 Å². The zero-order chi connectivity index (χ0) is 19.7. The number of oxazole rings is 1. The molecule has 0 aliphatic rings. The van der Waals surface area contributed by atoms with Crippen LogP contribution < -0.4 is 10.1 Å². The molecule has 28 heavy (non-hydrogen) atoms. The SMILES string of the molecule is COc1ccc(Br)cc1C(=O)Nc1cc(-c2nc3ccccc3o2)ccc1C. The number of halogens is 1. The van der Waals surface area contributed by atoms with Gasteiger partial charge in [-0.05, 0) is 55.0 Å². The van der Waals surface area contributed by atoms with E-state index in [0.717, 1.165) is 26.7 Å². The monoisotopic (exact) mass is 436 g/mol. The fourth-order valence-electron chi connectivity index (χ4n) is 2.93. The summed E-state index contributed by atoms with van der Waals surface area (Å²) >= 11 is 3.40. The maximum Gasteiger partial charge on any atom is 0.259 e. The van der Waals surface area contributed by atoms with Crippen LogP contribution in [0, 0.1) is 6.92 Å². The maximum atomic E-state index is 12.8. The lowest BCUT2D eigenvalue weighted by Gasteiger charge is -2.12. The Morgan fingerprint density at radius 2 is 1.93 bits per heavy atom. The van der Waals surface area contributed by atoms with Crippen LogP contribution >= 0.6 is 15.9 Å². The number of ether oxygens (including phenoxy) is 1. The van der Waals surface area contributed by atoms with E-state index in [1.807, 2.05) is 55.5 Å². The fraction of sp³-hybridized carbons (Fsp3) is 0.0909. The summed E-state index contributed by atoms with van der Waals surface area (Å²) in [4.78, 5) is 17.4. The van der Waals surface area contributed by atoms with Gasteiger partial charge in [-0.15, -0.1) is 0 Å². The molecule has 0 radical (unpaired) electrons. The van der Waals surface area contributed by atoms with Crippen LogP contribution in [0.3, 0.4) is 0 Å². The number of benzene rings is 3. The van der Waals surface area contributed by atoms with Gasteiger partial charge in [0, 0.05) is 15.7 Å². The van der Waals surface area contributed by atoms with Crippen molar-refractivity contribution >= 4 is 38.6 Å². The summed E-state index contributed by atoms with van der Waals surface area (Å²) in [6.07, 6.45) is 0. The van der Waals surface area contributed by atoms with Gasteiger partial charge in [-0.25, -0.2) is 4.98 Å². The van der Waals surface area contributed by atoms with Gasteiger partial charge in [-0.3, -0.25) is 4.79 Å². The largest absolute Gasteiger partial charge is 0.496 e. The second-order valence-corrected chi connectivity index (χ2v) is 7.23. The average Bonchev–Trinajstić information content (AvgIpc) is 3.13. The number of amides is 1. The molecule has 0 atom stereocenters. The molecule has 0 fully saturated rings. The van der Waals surface area contributed by atoms with Crippen LogP contribution in [0.5, 0.6) is 5.75 Å². The Hall–Kier alpha value is -3.12. The highest BCUT2D eigenvalue weighted by molar-refractivity contribution is 9.10. The topological polar surface area (TPSA) is 64.4 Å². The van der Waals surface area contributed by atoms with Gasteiger partial charge < -0.3 is 14.5 Å². The van der Waals surface area contributed by atoms with Crippen molar-refractivity contribution in [2.24, 2.45) is 0 Å². The van der Waals surface area contributed by atoms with Crippen molar-refractivity contribution in [1.29, 1.82) is 0 Å². The van der Waals surface area contributed by atoms with E-state index in [-0.39, 0.29) is 5.91 Å². The molecule has 0 aliphatic carbocycles. The number of aromatic nitrogens is 1. The molecular weight excluding hydrogens is 420 g/mol. The number of nitrogens with one attached hydrogen (secondary N) is 1. The molecule has 1 amide bonds. The summed E-state index contributed by atoms with van der Waals surface area (Å²) in [5.41, 5.74) is 4.38. The number of carbonyl (C=O) groups excluding carboxylic acids is 1. The Morgan fingerprint density at radius 3 is 2.71 bits per heavy atom. The Balaban J connectivity index is 1.68. The molecule has 0 aliphatic heterocycles. The lowest BCUT2D eigenvalue weighted by Crippen LogP contribution is -2.14. The second-order valence-electron chi connectivity index (χ2n) is 6.32. The smallest absolute Gasteiger partial charge is 0.259 e. The van der Waals surface area contributed by atoms with Crippen molar-refractivity contribution in [3.63, 3.8) is 0 Å². The number of anilines is 1. The van der Waals surface area contributed by atoms with Crippen LogP contribution in [0.15, 0.2) is 69.6 Å². The normalized spacial score (nSPS) is 10.8. The molecule has 1 heterocycles. The number of para-hydroxylation sites is 2. The Morgan fingerprint density at radius 1 is 1.11 bits per heavy atom. The number of nitrogens with zero attached hydrogens (tertiary/aromatic N) is 1. The number of carbonyl (C=O) groups is 1. The molecule has 4 aromatic rings. The average molecular weight is 437 g/mol. The van der Waals surface area contributed by atoms with E-state index in [1.165, 1.54) is 0 Å². The lowest BCUT2D eigenvalue weighted by atomic mass is 10.1. The fourth-order valence-corrected chi connectivity index (χ4v) is 3.29. The first-order valence-corrected chi connectivity index (χ1v) is 9.46. The third-order valence-electron chi connectivity index (χ3n) is 4.43. The van der Waals surface area contributed by atoms with E-state index >= 15 is 0 Å². The van der Waals surface area contributed by atoms with Crippen molar-refractivity contribution in [2.75, 3.05) is 12.4 Å². The van der Waals surface area contributed by atoms with Gasteiger partial charge in [0.25, 0.3) is 5.91 Å². The lowest BCUT2D eigenvalue weighted by molar-refractivity contribution is 0.102. The Bertz CT molecular complexity index is 1150. The summed E-state index contributed by atoms with van der Waals surface area (Å²) in [5, 5.41) is 2.96. The number of rotatable bonds is 4. The summed E-state index contributed by atoms with van der Waals surface area (Å²) in [6, 6.07) is 18.6. The molecule has 6 heteroatoms. The molecule has 0 spiro atoms. The Labute approximate surface area is 170 Å². The van der Waals surface area contributed by atoms with Gasteiger partial charge in [0.15, 0.2) is 5.58 Å². The minimum absolute atomic E-state index is 0.254. The van der Waals surface area contributed by atoms with Gasteiger partial charge in [0.05, 0.1) is 12.7 Å². The molecule has 1 aromatic heterocycles. The molecule has 1 N–H and O–H groups in total. The number of hydrogen-bond donors (Lipinski definition) is 1. The van der Waals surface area contributed by atoms with Gasteiger partial charge in [-0.1, -0.05) is 34.1 Å². The first-order valence-electron chi connectivity index (χ1n) is 8.66. The molecule has 0 saturated heterocycles. The van der Waals surface area contributed by atoms with E-state index in [4.69, 9.17) is 9.15 Å².